The van der Waals surface area contributed by atoms with Crippen LogP contribution < -0.4 is 5.32 Å². The molecule has 2 aromatic rings. The molecule has 0 unspecified atom stereocenters. The van der Waals surface area contributed by atoms with Crippen molar-refractivity contribution in [1.29, 1.82) is 0 Å². The van der Waals surface area contributed by atoms with Gasteiger partial charge in [0.2, 0.25) is 0 Å². The van der Waals surface area contributed by atoms with Crippen LogP contribution in [0.5, 0.6) is 0 Å². The standard InChI is InChI=1S/C20H17ClN4/c1-11-9-23-20-18(11)25-19(13-4-2-3-5-15(13)21)14-8-16(12-6-7-12)22-10-17(14)24-20/h2-5,8,10,12H,6-7,9H2,1H3,(H,23,24). The second-order valence-electron chi connectivity index (χ2n) is 6.79. The third-order valence-electron chi connectivity index (χ3n) is 4.88. The normalized spacial score (nSPS) is 18.8. The van der Waals surface area contributed by atoms with E-state index < -0.39 is 0 Å². The number of halogens is 1. The van der Waals surface area contributed by atoms with Gasteiger partial charge in [-0.25, -0.2) is 4.99 Å². The molecule has 1 N–H and O–H groups in total. The molecule has 0 saturated heterocycles. The number of nitrogens with one attached hydrogen (secondary N) is 1. The van der Waals surface area contributed by atoms with Crippen LogP contribution >= 0.6 is 11.6 Å². The lowest BCUT2D eigenvalue weighted by Crippen LogP contribution is -2.12. The molecule has 1 fully saturated rings. The number of amidine groups is 1. The van der Waals surface area contributed by atoms with E-state index in [0.717, 1.165) is 45.3 Å². The van der Waals surface area contributed by atoms with Crippen molar-refractivity contribution >= 4 is 28.8 Å². The van der Waals surface area contributed by atoms with Crippen molar-refractivity contribution in [3.63, 3.8) is 0 Å². The van der Waals surface area contributed by atoms with Crippen molar-refractivity contribution in [3.05, 3.63) is 69.6 Å². The summed E-state index contributed by atoms with van der Waals surface area (Å²) in [7, 11) is 0. The molecule has 0 amide bonds. The maximum Gasteiger partial charge on any atom is 0.152 e. The second-order valence-corrected chi connectivity index (χ2v) is 7.20. The summed E-state index contributed by atoms with van der Waals surface area (Å²) in [6.45, 7) is 2.75. The highest BCUT2D eigenvalue weighted by Gasteiger charge is 2.29. The average molecular weight is 349 g/mol. The van der Waals surface area contributed by atoms with Crippen molar-refractivity contribution in [2.75, 3.05) is 11.9 Å². The lowest BCUT2D eigenvalue weighted by atomic mass is 10.00. The summed E-state index contributed by atoms with van der Waals surface area (Å²) in [5, 5.41) is 4.13. The number of rotatable bonds is 2. The first kappa shape index (κ1) is 14.8. The number of nitrogens with zero attached hydrogens (tertiary/aromatic N) is 3. The Bertz CT molecular complexity index is 983. The van der Waals surface area contributed by atoms with Gasteiger partial charge in [0.1, 0.15) is 5.70 Å². The van der Waals surface area contributed by atoms with E-state index in [-0.39, 0.29) is 0 Å². The highest BCUT2D eigenvalue weighted by atomic mass is 35.5. The van der Waals surface area contributed by atoms with Crippen molar-refractivity contribution in [1.82, 2.24) is 4.98 Å². The second kappa shape index (κ2) is 5.53. The number of benzene rings is 1. The van der Waals surface area contributed by atoms with E-state index in [2.05, 4.69) is 28.3 Å². The third kappa shape index (κ3) is 2.48. The number of aliphatic imine (C=N–C) groups is 2. The van der Waals surface area contributed by atoms with E-state index in [9.17, 15) is 0 Å². The predicted molar refractivity (Wildman–Crippen MR) is 102 cm³/mol. The number of fused-ring (bicyclic) bond motifs is 2. The van der Waals surface area contributed by atoms with Crippen LogP contribution in [0.3, 0.4) is 0 Å². The Balaban J connectivity index is 1.77. The SMILES string of the molecule is CC1=C2N=C(c3ccccc3Cl)c3cc(C4CC4)ncc3NC2=NC1. The molecule has 4 nitrogen and oxygen atoms in total. The molecule has 0 spiro atoms. The number of hydrogen-bond donors (Lipinski definition) is 1. The average Bonchev–Trinajstić information content (AvgIpc) is 3.42. The zero-order valence-corrected chi connectivity index (χ0v) is 14.6. The minimum Gasteiger partial charge on any atom is -0.337 e. The Morgan fingerprint density at radius 1 is 1.16 bits per heavy atom. The highest BCUT2D eigenvalue weighted by Crippen LogP contribution is 2.41. The van der Waals surface area contributed by atoms with Gasteiger partial charge in [-0.15, -0.1) is 0 Å². The Hall–Kier alpha value is -2.46. The molecule has 1 saturated carbocycles. The molecule has 5 heteroatoms. The van der Waals surface area contributed by atoms with Crippen molar-refractivity contribution < 1.29 is 0 Å². The van der Waals surface area contributed by atoms with Gasteiger partial charge >= 0.3 is 0 Å². The van der Waals surface area contributed by atoms with Gasteiger partial charge in [-0.05, 0) is 37.5 Å². The molecule has 0 atom stereocenters. The first-order valence-corrected chi connectivity index (χ1v) is 8.94. The molecule has 5 rings (SSSR count). The van der Waals surface area contributed by atoms with Gasteiger partial charge in [-0.2, -0.15) is 0 Å². The fourth-order valence-corrected chi connectivity index (χ4v) is 3.55. The van der Waals surface area contributed by atoms with Gasteiger partial charge < -0.3 is 5.32 Å². The van der Waals surface area contributed by atoms with Gasteiger partial charge in [0.15, 0.2) is 5.84 Å². The summed E-state index contributed by atoms with van der Waals surface area (Å²) in [6, 6.07) is 10.0. The quantitative estimate of drug-likeness (QED) is 0.864. The molecule has 1 aliphatic carbocycles. The molecule has 1 aromatic carbocycles. The van der Waals surface area contributed by atoms with Crippen molar-refractivity contribution in [3.8, 4) is 0 Å². The first-order valence-electron chi connectivity index (χ1n) is 8.56. The highest BCUT2D eigenvalue weighted by molar-refractivity contribution is 6.36. The fraction of sp³-hybridized carbons (Fsp3) is 0.250. The largest absolute Gasteiger partial charge is 0.337 e. The molecular formula is C20H17ClN4. The Labute approximate surface area is 151 Å². The molecule has 3 aliphatic rings. The summed E-state index contributed by atoms with van der Waals surface area (Å²) >= 11 is 6.51. The number of anilines is 1. The number of hydrogen-bond acceptors (Lipinski definition) is 4. The van der Waals surface area contributed by atoms with Crippen LogP contribution in [0.1, 0.15) is 42.5 Å². The number of pyridine rings is 1. The van der Waals surface area contributed by atoms with Crippen LogP contribution in [0.25, 0.3) is 0 Å². The fourth-order valence-electron chi connectivity index (χ4n) is 3.32. The van der Waals surface area contributed by atoms with Crippen LogP contribution in [-0.4, -0.2) is 23.1 Å². The van der Waals surface area contributed by atoms with Crippen LogP contribution in [0.15, 0.2) is 57.8 Å². The smallest absolute Gasteiger partial charge is 0.152 e. The maximum absolute atomic E-state index is 6.51. The Kier molecular flexibility index (Phi) is 3.28. The predicted octanol–water partition coefficient (Wildman–Crippen LogP) is 4.56. The molecular weight excluding hydrogens is 332 g/mol. The monoisotopic (exact) mass is 348 g/mol. The molecule has 3 heterocycles. The zero-order valence-electron chi connectivity index (χ0n) is 13.9. The minimum absolute atomic E-state index is 0.582. The third-order valence-corrected chi connectivity index (χ3v) is 5.21. The van der Waals surface area contributed by atoms with Gasteiger partial charge in [0.25, 0.3) is 0 Å². The lowest BCUT2D eigenvalue weighted by molar-refractivity contribution is 1.02. The summed E-state index contributed by atoms with van der Waals surface area (Å²) < 4.78 is 0. The summed E-state index contributed by atoms with van der Waals surface area (Å²) in [5.41, 5.74) is 7.02. The van der Waals surface area contributed by atoms with E-state index in [1.807, 2.05) is 30.5 Å². The molecule has 2 aliphatic heterocycles. The summed E-state index contributed by atoms with van der Waals surface area (Å²) in [6.07, 6.45) is 4.35. The van der Waals surface area contributed by atoms with Crippen LogP contribution in [0, 0.1) is 0 Å². The van der Waals surface area contributed by atoms with E-state index in [0.29, 0.717) is 17.5 Å². The minimum atomic E-state index is 0.582. The molecule has 25 heavy (non-hydrogen) atoms. The summed E-state index contributed by atoms with van der Waals surface area (Å²) in [5.74, 6) is 1.40. The molecule has 0 bridgehead atoms. The van der Waals surface area contributed by atoms with Gasteiger partial charge in [0.05, 0.1) is 24.1 Å². The van der Waals surface area contributed by atoms with Gasteiger partial charge in [0, 0.05) is 27.8 Å². The van der Waals surface area contributed by atoms with E-state index in [4.69, 9.17) is 16.6 Å². The van der Waals surface area contributed by atoms with E-state index in [1.165, 1.54) is 12.8 Å². The Morgan fingerprint density at radius 2 is 2.00 bits per heavy atom. The van der Waals surface area contributed by atoms with E-state index >= 15 is 0 Å². The maximum atomic E-state index is 6.51. The number of aromatic nitrogens is 1. The van der Waals surface area contributed by atoms with Crippen LogP contribution in [0.4, 0.5) is 5.69 Å². The van der Waals surface area contributed by atoms with Crippen molar-refractivity contribution in [2.24, 2.45) is 9.98 Å². The zero-order chi connectivity index (χ0) is 17.0. The lowest BCUT2D eigenvalue weighted by Gasteiger charge is -2.12. The molecule has 0 radical (unpaired) electrons. The molecule has 1 aromatic heterocycles. The first-order chi connectivity index (χ1) is 12.2. The molecule has 124 valence electrons. The summed E-state index contributed by atoms with van der Waals surface area (Å²) in [4.78, 5) is 14.2. The van der Waals surface area contributed by atoms with Crippen molar-refractivity contribution in [2.45, 2.75) is 25.7 Å². The van der Waals surface area contributed by atoms with Crippen LogP contribution in [-0.2, 0) is 0 Å². The Morgan fingerprint density at radius 3 is 2.80 bits per heavy atom. The van der Waals surface area contributed by atoms with E-state index in [1.54, 1.807) is 0 Å². The topological polar surface area (TPSA) is 49.6 Å². The van der Waals surface area contributed by atoms with Gasteiger partial charge in [-0.1, -0.05) is 29.8 Å². The van der Waals surface area contributed by atoms with Gasteiger partial charge in [-0.3, -0.25) is 9.98 Å². The van der Waals surface area contributed by atoms with Crippen LogP contribution in [0.2, 0.25) is 5.02 Å².